The summed E-state index contributed by atoms with van der Waals surface area (Å²) in [5.74, 6) is -0.756. The fraction of sp³-hybridized carbons (Fsp3) is 0.261. The summed E-state index contributed by atoms with van der Waals surface area (Å²) in [5.41, 5.74) is 1.26. The van der Waals surface area contributed by atoms with Gasteiger partial charge >= 0.3 is 0 Å². The number of nitro benzene ring substituents is 1. The van der Waals surface area contributed by atoms with E-state index in [1.165, 1.54) is 36.8 Å². The zero-order valence-electron chi connectivity index (χ0n) is 17.7. The van der Waals surface area contributed by atoms with Crippen molar-refractivity contribution >= 4 is 58.2 Å². The van der Waals surface area contributed by atoms with Gasteiger partial charge in [0, 0.05) is 29.9 Å². The highest BCUT2D eigenvalue weighted by molar-refractivity contribution is 7.80. The topological polar surface area (TPSA) is 113 Å². The molecule has 33 heavy (non-hydrogen) atoms. The van der Waals surface area contributed by atoms with Crippen molar-refractivity contribution in [1.82, 2.24) is 10.6 Å². The number of anilines is 1. The Bertz CT molecular complexity index is 1100. The van der Waals surface area contributed by atoms with E-state index >= 15 is 0 Å². The first-order chi connectivity index (χ1) is 15.8. The zero-order chi connectivity index (χ0) is 23.8. The van der Waals surface area contributed by atoms with E-state index in [2.05, 4.69) is 16.0 Å². The number of hydrogen-bond acceptors (Lipinski definition) is 5. The lowest BCUT2D eigenvalue weighted by atomic mass is 9.95. The van der Waals surface area contributed by atoms with Gasteiger partial charge < -0.3 is 10.6 Å². The van der Waals surface area contributed by atoms with Crippen molar-refractivity contribution in [2.45, 2.75) is 38.1 Å². The smallest absolute Gasteiger partial charge is 0.270 e. The van der Waals surface area contributed by atoms with Crippen LogP contribution in [0.15, 0.2) is 48.5 Å². The van der Waals surface area contributed by atoms with Crippen LogP contribution in [0.2, 0.25) is 5.02 Å². The Morgan fingerprint density at radius 1 is 1.12 bits per heavy atom. The van der Waals surface area contributed by atoms with E-state index in [0.29, 0.717) is 21.8 Å². The summed E-state index contributed by atoms with van der Waals surface area (Å²) in [6.45, 7) is 0. The first-order valence-electron chi connectivity index (χ1n) is 10.5. The number of nitrogens with one attached hydrogen (secondary N) is 3. The minimum atomic E-state index is -0.511. The third kappa shape index (κ3) is 7.37. The molecule has 172 valence electrons. The molecule has 1 saturated carbocycles. The SMILES string of the molecule is O=C(/C=C/c1cccc([N+](=O)[O-])c1)NC(=S)Nc1ccc(Cl)c(C(=O)NC2CCCCC2)c1. The Kier molecular flexibility index (Phi) is 8.51. The van der Waals surface area contributed by atoms with Crippen molar-refractivity contribution < 1.29 is 14.5 Å². The van der Waals surface area contributed by atoms with Gasteiger partial charge in [-0.25, -0.2) is 0 Å². The summed E-state index contributed by atoms with van der Waals surface area (Å²) in [6.07, 6.45) is 7.98. The zero-order valence-corrected chi connectivity index (χ0v) is 19.2. The average Bonchev–Trinajstić information content (AvgIpc) is 2.79. The number of nitrogens with zero attached hydrogens (tertiary/aromatic N) is 1. The van der Waals surface area contributed by atoms with Gasteiger partial charge in [0.25, 0.3) is 11.6 Å². The van der Waals surface area contributed by atoms with E-state index in [-0.39, 0.29) is 22.7 Å². The van der Waals surface area contributed by atoms with Crippen LogP contribution in [-0.4, -0.2) is 27.9 Å². The molecule has 2 aromatic rings. The fourth-order valence-corrected chi connectivity index (χ4v) is 3.94. The van der Waals surface area contributed by atoms with Crippen LogP contribution < -0.4 is 16.0 Å². The molecule has 10 heteroatoms. The van der Waals surface area contributed by atoms with Crippen molar-refractivity contribution in [3.63, 3.8) is 0 Å². The van der Waals surface area contributed by atoms with Crippen LogP contribution in [0.4, 0.5) is 11.4 Å². The first-order valence-corrected chi connectivity index (χ1v) is 11.3. The van der Waals surface area contributed by atoms with Crippen LogP contribution in [0.25, 0.3) is 6.08 Å². The van der Waals surface area contributed by atoms with Gasteiger partial charge in [-0.2, -0.15) is 0 Å². The van der Waals surface area contributed by atoms with Crippen molar-refractivity contribution in [2.75, 3.05) is 5.32 Å². The molecule has 0 bridgehead atoms. The molecular formula is C23H23ClN4O4S. The van der Waals surface area contributed by atoms with E-state index in [9.17, 15) is 19.7 Å². The summed E-state index contributed by atoms with van der Waals surface area (Å²) in [5, 5.41) is 19.6. The highest BCUT2D eigenvalue weighted by Gasteiger charge is 2.19. The predicted molar refractivity (Wildman–Crippen MR) is 132 cm³/mol. The molecule has 0 radical (unpaired) electrons. The predicted octanol–water partition coefficient (Wildman–Crippen LogP) is 4.84. The lowest BCUT2D eigenvalue weighted by Crippen LogP contribution is -2.36. The molecule has 0 spiro atoms. The molecule has 0 saturated heterocycles. The van der Waals surface area contributed by atoms with E-state index in [4.69, 9.17) is 23.8 Å². The molecule has 1 aliphatic carbocycles. The number of nitro groups is 1. The van der Waals surface area contributed by atoms with Crippen molar-refractivity contribution in [1.29, 1.82) is 0 Å². The summed E-state index contributed by atoms with van der Waals surface area (Å²) in [4.78, 5) is 35.1. The number of thiocarbonyl (C=S) groups is 1. The monoisotopic (exact) mass is 486 g/mol. The second kappa shape index (κ2) is 11.5. The molecule has 0 heterocycles. The molecule has 3 N–H and O–H groups in total. The highest BCUT2D eigenvalue weighted by Crippen LogP contribution is 2.23. The molecule has 2 amide bonds. The van der Waals surface area contributed by atoms with Gasteiger partial charge in [-0.05, 0) is 54.9 Å². The summed E-state index contributed by atoms with van der Waals surface area (Å²) < 4.78 is 0. The van der Waals surface area contributed by atoms with Gasteiger partial charge in [-0.3, -0.25) is 25.0 Å². The number of amides is 2. The average molecular weight is 487 g/mol. The minimum absolute atomic E-state index is 0.0321. The standard InChI is InChI=1S/C23H23ClN4O4S/c24-20-11-10-17(14-19(20)22(30)25-16-6-2-1-3-7-16)26-23(33)27-21(29)12-9-15-5-4-8-18(13-15)28(31)32/h4-5,8-14,16H,1-3,6-7H2,(H,25,30)(H2,26,27,29,33)/b12-9+. The van der Waals surface area contributed by atoms with Crippen molar-refractivity contribution in [3.05, 3.63) is 74.8 Å². The van der Waals surface area contributed by atoms with E-state index in [0.717, 1.165) is 25.7 Å². The number of carbonyl (C=O) groups excluding carboxylic acids is 2. The third-order valence-corrected chi connectivity index (χ3v) is 5.69. The summed E-state index contributed by atoms with van der Waals surface area (Å²) in [6, 6.07) is 10.9. The fourth-order valence-electron chi connectivity index (χ4n) is 3.52. The molecular weight excluding hydrogens is 464 g/mol. The number of carbonyl (C=O) groups is 2. The lowest BCUT2D eigenvalue weighted by Gasteiger charge is -2.23. The Hall–Kier alpha value is -3.30. The molecule has 1 fully saturated rings. The normalized spacial score (nSPS) is 14.0. The maximum Gasteiger partial charge on any atom is 0.270 e. The number of non-ortho nitro benzene ring substituents is 1. The first kappa shape index (κ1) is 24.3. The molecule has 0 atom stereocenters. The number of benzene rings is 2. The Morgan fingerprint density at radius 2 is 1.88 bits per heavy atom. The number of hydrogen-bond donors (Lipinski definition) is 3. The maximum absolute atomic E-state index is 12.7. The summed E-state index contributed by atoms with van der Waals surface area (Å²) in [7, 11) is 0. The molecule has 0 unspecified atom stereocenters. The molecule has 2 aromatic carbocycles. The lowest BCUT2D eigenvalue weighted by molar-refractivity contribution is -0.384. The Balaban J connectivity index is 1.57. The van der Waals surface area contributed by atoms with Crippen LogP contribution in [0, 0.1) is 10.1 Å². The molecule has 8 nitrogen and oxygen atoms in total. The number of halogens is 1. The molecule has 0 aromatic heterocycles. The van der Waals surface area contributed by atoms with Crippen LogP contribution in [0.1, 0.15) is 48.0 Å². The van der Waals surface area contributed by atoms with Crippen LogP contribution >= 0.6 is 23.8 Å². The van der Waals surface area contributed by atoms with Gasteiger partial charge in [0.15, 0.2) is 5.11 Å². The largest absolute Gasteiger partial charge is 0.349 e. The van der Waals surface area contributed by atoms with Crippen molar-refractivity contribution in [3.8, 4) is 0 Å². The quantitative estimate of drug-likeness (QED) is 0.233. The van der Waals surface area contributed by atoms with Gasteiger partial charge in [0.1, 0.15) is 0 Å². The Morgan fingerprint density at radius 3 is 2.61 bits per heavy atom. The highest BCUT2D eigenvalue weighted by atomic mass is 35.5. The second-order valence-electron chi connectivity index (χ2n) is 7.63. The van der Waals surface area contributed by atoms with E-state index < -0.39 is 10.8 Å². The van der Waals surface area contributed by atoms with Gasteiger partial charge in [0.05, 0.1) is 15.5 Å². The Labute approximate surface area is 201 Å². The second-order valence-corrected chi connectivity index (χ2v) is 8.45. The number of rotatable bonds is 6. The van der Waals surface area contributed by atoms with Gasteiger partial charge in [-0.1, -0.05) is 43.0 Å². The molecule has 0 aliphatic heterocycles. The third-order valence-electron chi connectivity index (χ3n) is 5.15. The van der Waals surface area contributed by atoms with Gasteiger partial charge in [0.2, 0.25) is 5.91 Å². The summed E-state index contributed by atoms with van der Waals surface area (Å²) >= 11 is 11.4. The van der Waals surface area contributed by atoms with Crippen LogP contribution in [0.5, 0.6) is 0 Å². The van der Waals surface area contributed by atoms with Crippen molar-refractivity contribution in [2.24, 2.45) is 0 Å². The molecule has 1 aliphatic rings. The van der Waals surface area contributed by atoms with Crippen LogP contribution in [-0.2, 0) is 4.79 Å². The van der Waals surface area contributed by atoms with E-state index in [1.54, 1.807) is 24.3 Å². The van der Waals surface area contributed by atoms with Gasteiger partial charge in [-0.15, -0.1) is 0 Å². The minimum Gasteiger partial charge on any atom is -0.349 e. The van der Waals surface area contributed by atoms with Crippen LogP contribution in [0.3, 0.4) is 0 Å². The maximum atomic E-state index is 12.7. The van der Waals surface area contributed by atoms with E-state index in [1.807, 2.05) is 0 Å². The molecule has 3 rings (SSSR count).